The number of nitrogens with two attached hydrogens (primary N) is 1. The molecular formula is C21H24N6O3. The van der Waals surface area contributed by atoms with Gasteiger partial charge in [-0.3, -0.25) is 0 Å². The molecule has 9 nitrogen and oxygen atoms in total. The molecule has 3 heterocycles. The van der Waals surface area contributed by atoms with Crippen LogP contribution in [0.4, 0.5) is 5.82 Å². The van der Waals surface area contributed by atoms with Gasteiger partial charge in [-0.2, -0.15) is 5.10 Å². The fraction of sp³-hybridized carbons (Fsp3) is 0.381. The number of benzene rings is 1. The van der Waals surface area contributed by atoms with Crippen molar-refractivity contribution in [2.75, 3.05) is 12.8 Å². The standard InChI is InChI=1S/C21H24N6O3/c1-30-15-4-2-3-13-9-14(25-16(13)15)17-18-19(22)23-10-24-27(18)20(26-17)11-5-7-12(8-6-11)21(28)29/h2-4,9-12,21,25,28-29H,5-8H2,1H3,(H2,22,23,24). The number of aromatic amines is 1. The molecule has 4 aromatic rings. The summed E-state index contributed by atoms with van der Waals surface area (Å²) in [6, 6.07) is 7.89. The molecule has 0 radical (unpaired) electrons. The van der Waals surface area contributed by atoms with Gasteiger partial charge in [0.2, 0.25) is 0 Å². The molecule has 0 atom stereocenters. The molecule has 0 bridgehead atoms. The zero-order valence-corrected chi connectivity index (χ0v) is 16.6. The number of nitrogens with one attached hydrogen (secondary N) is 1. The number of aliphatic hydroxyl groups is 2. The Morgan fingerprint density at radius 1 is 1.23 bits per heavy atom. The first-order valence-corrected chi connectivity index (χ1v) is 10.1. The predicted molar refractivity (Wildman–Crippen MR) is 112 cm³/mol. The smallest absolute Gasteiger partial charge is 0.154 e. The van der Waals surface area contributed by atoms with Crippen molar-refractivity contribution in [3.8, 4) is 17.1 Å². The lowest BCUT2D eigenvalue weighted by molar-refractivity contribution is -0.0939. The topological polar surface area (TPSA) is 135 Å². The normalized spacial score (nSPS) is 19.7. The summed E-state index contributed by atoms with van der Waals surface area (Å²) in [4.78, 5) is 12.5. The Kier molecular flexibility index (Phi) is 4.56. The number of methoxy groups -OCH3 is 1. The lowest BCUT2D eigenvalue weighted by atomic mass is 9.81. The number of hydrogen-bond donors (Lipinski definition) is 4. The van der Waals surface area contributed by atoms with Gasteiger partial charge in [-0.25, -0.2) is 14.5 Å². The molecule has 0 unspecified atom stereocenters. The van der Waals surface area contributed by atoms with E-state index in [0.29, 0.717) is 17.0 Å². The maximum Gasteiger partial charge on any atom is 0.154 e. The largest absolute Gasteiger partial charge is 0.495 e. The average Bonchev–Trinajstić information content (AvgIpc) is 3.36. The second kappa shape index (κ2) is 7.26. The Bertz CT molecular complexity index is 1210. The number of hydrogen-bond acceptors (Lipinski definition) is 7. The van der Waals surface area contributed by atoms with Crippen LogP contribution in [-0.2, 0) is 0 Å². The number of nitrogen functional groups attached to an aromatic ring is 1. The third-order valence-corrected chi connectivity index (χ3v) is 6.14. The van der Waals surface area contributed by atoms with Gasteiger partial charge >= 0.3 is 0 Å². The summed E-state index contributed by atoms with van der Waals surface area (Å²) < 4.78 is 7.25. The van der Waals surface area contributed by atoms with Gasteiger partial charge in [0.15, 0.2) is 12.1 Å². The summed E-state index contributed by atoms with van der Waals surface area (Å²) in [5.74, 6) is 2.02. The average molecular weight is 408 g/mol. The Morgan fingerprint density at radius 3 is 2.77 bits per heavy atom. The van der Waals surface area contributed by atoms with Crippen LogP contribution in [0.25, 0.3) is 27.8 Å². The number of imidazole rings is 1. The zero-order valence-electron chi connectivity index (χ0n) is 16.6. The molecule has 1 saturated carbocycles. The number of anilines is 1. The van der Waals surface area contributed by atoms with E-state index in [9.17, 15) is 10.2 Å². The Morgan fingerprint density at radius 2 is 2.03 bits per heavy atom. The molecule has 1 fully saturated rings. The van der Waals surface area contributed by atoms with Crippen LogP contribution in [0.2, 0.25) is 0 Å². The van der Waals surface area contributed by atoms with Crippen LogP contribution in [0.15, 0.2) is 30.6 Å². The minimum Gasteiger partial charge on any atom is -0.495 e. The van der Waals surface area contributed by atoms with E-state index in [2.05, 4.69) is 15.1 Å². The van der Waals surface area contributed by atoms with Gasteiger partial charge in [0.05, 0.1) is 18.3 Å². The van der Waals surface area contributed by atoms with Gasteiger partial charge in [-0.1, -0.05) is 12.1 Å². The van der Waals surface area contributed by atoms with E-state index in [4.69, 9.17) is 15.5 Å². The number of H-pyrrole nitrogens is 1. The van der Waals surface area contributed by atoms with E-state index in [1.165, 1.54) is 6.33 Å². The first-order chi connectivity index (χ1) is 14.6. The van der Waals surface area contributed by atoms with Crippen molar-refractivity contribution in [1.82, 2.24) is 24.6 Å². The van der Waals surface area contributed by atoms with Crippen LogP contribution in [-0.4, -0.2) is 48.2 Å². The quantitative estimate of drug-likeness (QED) is 0.381. The highest BCUT2D eigenvalue weighted by atomic mass is 16.5. The van der Waals surface area contributed by atoms with Crippen LogP contribution < -0.4 is 10.5 Å². The first-order valence-electron chi connectivity index (χ1n) is 10.1. The van der Waals surface area contributed by atoms with E-state index in [0.717, 1.165) is 53.9 Å². The van der Waals surface area contributed by atoms with Gasteiger partial charge in [-0.05, 0) is 37.8 Å². The third kappa shape index (κ3) is 2.98. The molecule has 9 heteroatoms. The monoisotopic (exact) mass is 408 g/mol. The molecule has 0 spiro atoms. The van der Waals surface area contributed by atoms with Crippen LogP contribution in [0.1, 0.15) is 37.4 Å². The molecule has 1 aromatic carbocycles. The molecular weight excluding hydrogens is 384 g/mol. The number of aromatic nitrogens is 5. The van der Waals surface area contributed by atoms with Crippen molar-refractivity contribution in [2.45, 2.75) is 37.9 Å². The number of nitrogens with zero attached hydrogens (tertiary/aromatic N) is 4. The molecule has 0 saturated heterocycles. The fourth-order valence-corrected chi connectivity index (χ4v) is 4.53. The van der Waals surface area contributed by atoms with Crippen molar-refractivity contribution < 1.29 is 14.9 Å². The molecule has 1 aliphatic carbocycles. The Hall–Kier alpha value is -3.17. The van der Waals surface area contributed by atoms with E-state index >= 15 is 0 Å². The van der Waals surface area contributed by atoms with Crippen LogP contribution in [0, 0.1) is 5.92 Å². The van der Waals surface area contributed by atoms with Gasteiger partial charge < -0.3 is 25.7 Å². The van der Waals surface area contributed by atoms with Crippen molar-refractivity contribution in [3.05, 3.63) is 36.4 Å². The van der Waals surface area contributed by atoms with Gasteiger partial charge in [0.25, 0.3) is 0 Å². The third-order valence-electron chi connectivity index (χ3n) is 6.14. The van der Waals surface area contributed by atoms with Crippen molar-refractivity contribution in [2.24, 2.45) is 5.92 Å². The SMILES string of the molecule is COc1cccc2cc(-c3nc(C4CCC(C(O)O)CC4)n4ncnc(N)c34)[nH]c12. The predicted octanol–water partition coefficient (Wildman–Crippen LogP) is 2.45. The second-order valence-corrected chi connectivity index (χ2v) is 7.86. The maximum atomic E-state index is 9.49. The number of fused-ring (bicyclic) bond motifs is 2. The highest BCUT2D eigenvalue weighted by Crippen LogP contribution is 2.39. The summed E-state index contributed by atoms with van der Waals surface area (Å²) in [5, 5.41) is 24.4. The van der Waals surface area contributed by atoms with Gasteiger partial charge in [-0.15, -0.1) is 0 Å². The number of ether oxygens (including phenoxy) is 1. The highest BCUT2D eigenvalue weighted by molar-refractivity contribution is 5.93. The van der Waals surface area contributed by atoms with E-state index in [-0.39, 0.29) is 11.8 Å². The molecule has 0 amide bonds. The first kappa shape index (κ1) is 18.8. The summed E-state index contributed by atoms with van der Waals surface area (Å²) in [6.07, 6.45) is 3.26. The van der Waals surface area contributed by atoms with E-state index in [1.807, 2.05) is 24.3 Å². The highest BCUT2D eigenvalue weighted by Gasteiger charge is 2.30. The number of para-hydroxylation sites is 1. The van der Waals surface area contributed by atoms with Crippen LogP contribution in [0.5, 0.6) is 5.75 Å². The van der Waals surface area contributed by atoms with E-state index in [1.54, 1.807) is 11.6 Å². The molecule has 156 valence electrons. The molecule has 1 aliphatic rings. The Labute approximate surface area is 172 Å². The van der Waals surface area contributed by atoms with Crippen molar-refractivity contribution in [3.63, 3.8) is 0 Å². The lowest BCUT2D eigenvalue weighted by Gasteiger charge is -2.28. The number of rotatable bonds is 4. The summed E-state index contributed by atoms with van der Waals surface area (Å²) in [6.45, 7) is 0. The fourth-order valence-electron chi connectivity index (χ4n) is 4.53. The van der Waals surface area contributed by atoms with Gasteiger partial charge in [0.1, 0.15) is 29.1 Å². The van der Waals surface area contributed by atoms with Crippen LogP contribution >= 0.6 is 0 Å². The molecule has 0 aliphatic heterocycles. The van der Waals surface area contributed by atoms with Gasteiger partial charge in [0, 0.05) is 17.2 Å². The molecule has 5 rings (SSSR count). The van der Waals surface area contributed by atoms with Crippen LogP contribution in [0.3, 0.4) is 0 Å². The summed E-state index contributed by atoms with van der Waals surface area (Å²) in [5.41, 5.74) is 9.31. The molecule has 3 aromatic heterocycles. The lowest BCUT2D eigenvalue weighted by Crippen LogP contribution is -2.25. The summed E-state index contributed by atoms with van der Waals surface area (Å²) >= 11 is 0. The van der Waals surface area contributed by atoms with Crippen molar-refractivity contribution in [1.29, 1.82) is 0 Å². The summed E-state index contributed by atoms with van der Waals surface area (Å²) in [7, 11) is 1.64. The Balaban J connectivity index is 1.62. The zero-order chi connectivity index (χ0) is 20.8. The number of aliphatic hydroxyl groups excluding tert-OH is 1. The second-order valence-electron chi connectivity index (χ2n) is 7.86. The van der Waals surface area contributed by atoms with E-state index < -0.39 is 6.29 Å². The van der Waals surface area contributed by atoms with Crippen molar-refractivity contribution >= 4 is 22.2 Å². The molecule has 30 heavy (non-hydrogen) atoms. The minimum absolute atomic E-state index is 0.0900. The maximum absolute atomic E-state index is 9.49. The molecule has 5 N–H and O–H groups in total. The minimum atomic E-state index is -1.27.